The van der Waals surface area contributed by atoms with Crippen molar-refractivity contribution in [2.45, 2.75) is 83.1 Å². The molecule has 0 saturated carbocycles. The van der Waals surface area contributed by atoms with Crippen molar-refractivity contribution in [3.05, 3.63) is 106 Å². The number of nitrogens with zero attached hydrogens (tertiary/aromatic N) is 2. The van der Waals surface area contributed by atoms with E-state index in [1.54, 1.807) is 57.2 Å². The lowest BCUT2D eigenvalue weighted by Gasteiger charge is -2.32. The van der Waals surface area contributed by atoms with Gasteiger partial charge in [-0.2, -0.15) is 5.26 Å². The van der Waals surface area contributed by atoms with Crippen LogP contribution < -0.4 is 21.3 Å². The maximum Gasteiger partial charge on any atom is 0.407 e. The van der Waals surface area contributed by atoms with E-state index in [2.05, 4.69) is 21.3 Å². The smallest absolute Gasteiger partial charge is 0.407 e. The van der Waals surface area contributed by atoms with Crippen molar-refractivity contribution >= 4 is 47.3 Å². The number of benzene rings is 4. The van der Waals surface area contributed by atoms with Crippen LogP contribution in [0.1, 0.15) is 80.0 Å². The lowest BCUT2D eigenvalue weighted by Crippen LogP contribution is -2.55. The van der Waals surface area contributed by atoms with Crippen LogP contribution in [0.3, 0.4) is 0 Å². The van der Waals surface area contributed by atoms with Crippen LogP contribution in [0.25, 0.3) is 22.3 Å². The standard InChI is InChI=1S/C47H51ClN6O10/c1-26-41(57)53-37(45(61)63-6)22-27-10-19-38(55)34(21-27)35-24-31(23-32(25-49)40(35)56)39(43(59)51-26)54(5)44(60)36(9-7-8-20-50-46(62)64-47(2,3)4)52-42(58)30-13-11-28(12-14-30)29-15-17-33(48)18-16-29/h10-19,21,23-24,26,36-37,39,55-56H,7-9,20,22H2,1-6H3,(H,50,62)(H,51,59)(H,52,58)(H,53,57)/t26-,36-,37-,39-/m0/s1. The van der Waals surface area contributed by atoms with E-state index in [1.165, 1.54) is 44.3 Å². The van der Waals surface area contributed by atoms with Gasteiger partial charge in [0, 0.05) is 41.7 Å². The van der Waals surface area contributed by atoms with Gasteiger partial charge < -0.3 is 45.9 Å². The average molecular weight is 895 g/mol. The van der Waals surface area contributed by atoms with Crippen LogP contribution in [0.4, 0.5) is 4.79 Å². The number of halogens is 1. The van der Waals surface area contributed by atoms with Gasteiger partial charge in [-0.3, -0.25) is 19.2 Å². The molecule has 4 aromatic rings. The molecule has 5 rings (SSSR count). The van der Waals surface area contributed by atoms with Gasteiger partial charge in [0.15, 0.2) is 0 Å². The molecule has 6 N–H and O–H groups in total. The summed E-state index contributed by atoms with van der Waals surface area (Å²) >= 11 is 6.06. The summed E-state index contributed by atoms with van der Waals surface area (Å²) in [6.07, 6.45) is -0.00146. The SMILES string of the molecule is COC(=O)[C@@H]1Cc2ccc(O)c(c2)-c2cc(cc(C#N)c2O)[C@H](N(C)C(=O)[C@H](CCCCNC(=O)OC(C)(C)C)NC(=O)c2ccc(-c3ccc(Cl)cc3)cc2)C(=O)N[C@@H](C)C(=O)N1. The molecular weight excluding hydrogens is 844 g/mol. The Labute approximate surface area is 375 Å². The first-order chi connectivity index (χ1) is 30.3. The summed E-state index contributed by atoms with van der Waals surface area (Å²) in [5.41, 5.74) is 1.29. The van der Waals surface area contributed by atoms with Crippen LogP contribution in [0, 0.1) is 11.3 Å². The van der Waals surface area contributed by atoms with Gasteiger partial charge in [-0.15, -0.1) is 0 Å². The Morgan fingerprint density at radius 3 is 2.20 bits per heavy atom. The summed E-state index contributed by atoms with van der Waals surface area (Å²) < 4.78 is 10.2. The van der Waals surface area contributed by atoms with Gasteiger partial charge in [-0.1, -0.05) is 41.9 Å². The number of methoxy groups -OCH3 is 1. The molecule has 0 aromatic heterocycles. The summed E-state index contributed by atoms with van der Waals surface area (Å²) in [5, 5.41) is 43.8. The van der Waals surface area contributed by atoms with E-state index in [1.807, 2.05) is 18.2 Å². The van der Waals surface area contributed by atoms with Crippen LogP contribution in [0.5, 0.6) is 11.5 Å². The Morgan fingerprint density at radius 2 is 1.58 bits per heavy atom. The van der Waals surface area contributed by atoms with Crippen molar-refractivity contribution in [2.24, 2.45) is 0 Å². The zero-order valence-corrected chi connectivity index (χ0v) is 37.0. The van der Waals surface area contributed by atoms with E-state index < -0.39 is 71.2 Å². The molecule has 5 amide bonds. The van der Waals surface area contributed by atoms with E-state index >= 15 is 0 Å². The molecule has 336 valence electrons. The molecule has 0 fully saturated rings. The second-order valence-electron chi connectivity index (χ2n) is 16.3. The summed E-state index contributed by atoms with van der Waals surface area (Å²) in [6, 6.07) is 17.2. The van der Waals surface area contributed by atoms with E-state index in [-0.39, 0.29) is 53.0 Å². The molecule has 0 radical (unpaired) electrons. The fraction of sp³-hybridized carbons (Fsp3) is 0.340. The number of unbranched alkanes of at least 4 members (excludes halogenated alkanes) is 1. The number of aromatic hydroxyl groups is 2. The van der Waals surface area contributed by atoms with Gasteiger partial charge in [-0.25, -0.2) is 9.59 Å². The quantitative estimate of drug-likeness (QED) is 0.0793. The molecule has 4 bridgehead atoms. The van der Waals surface area contributed by atoms with E-state index in [9.17, 15) is 44.2 Å². The van der Waals surface area contributed by atoms with Crippen LogP contribution >= 0.6 is 11.6 Å². The maximum atomic E-state index is 14.8. The number of phenolic OH excluding ortho intramolecular Hbond substituents is 2. The van der Waals surface area contributed by atoms with Crippen molar-refractivity contribution in [1.29, 1.82) is 5.26 Å². The number of fused-ring (bicyclic) bond motifs is 5. The number of carbonyl (C=O) groups excluding carboxylic acids is 6. The fourth-order valence-electron chi connectivity index (χ4n) is 7.11. The molecule has 0 aliphatic carbocycles. The summed E-state index contributed by atoms with van der Waals surface area (Å²) in [7, 11) is 2.46. The minimum absolute atomic E-state index is 0.0176. The van der Waals surface area contributed by atoms with Crippen LogP contribution in [0.15, 0.2) is 78.9 Å². The number of nitriles is 1. The molecule has 0 spiro atoms. The first kappa shape index (κ1) is 47.9. The summed E-state index contributed by atoms with van der Waals surface area (Å²) in [6.45, 7) is 6.76. The second-order valence-corrected chi connectivity index (χ2v) is 16.8. The van der Waals surface area contributed by atoms with Gasteiger partial charge in [0.1, 0.15) is 47.3 Å². The third-order valence-corrected chi connectivity index (χ3v) is 10.7. The van der Waals surface area contributed by atoms with Crippen LogP contribution in [0.2, 0.25) is 5.02 Å². The lowest BCUT2D eigenvalue weighted by molar-refractivity contribution is -0.145. The van der Waals surface area contributed by atoms with E-state index in [0.717, 1.165) is 23.1 Å². The fourth-order valence-corrected chi connectivity index (χ4v) is 7.24. The normalized spacial score (nSPS) is 16.7. The molecule has 1 aliphatic heterocycles. The van der Waals surface area contributed by atoms with E-state index in [4.69, 9.17) is 21.1 Å². The number of amides is 5. The molecule has 1 aliphatic rings. The summed E-state index contributed by atoms with van der Waals surface area (Å²) in [5.74, 6) is -4.64. The Morgan fingerprint density at radius 1 is 0.922 bits per heavy atom. The first-order valence-electron chi connectivity index (χ1n) is 20.5. The number of esters is 1. The molecule has 0 saturated heterocycles. The minimum Gasteiger partial charge on any atom is -0.507 e. The van der Waals surface area contributed by atoms with Crippen molar-refractivity contribution in [3.63, 3.8) is 0 Å². The monoisotopic (exact) mass is 894 g/mol. The number of hydrogen-bond donors (Lipinski definition) is 6. The predicted molar refractivity (Wildman–Crippen MR) is 237 cm³/mol. The highest BCUT2D eigenvalue weighted by Gasteiger charge is 2.36. The van der Waals surface area contributed by atoms with Gasteiger partial charge in [0.2, 0.25) is 17.7 Å². The van der Waals surface area contributed by atoms with Crippen molar-refractivity contribution < 1.29 is 48.5 Å². The van der Waals surface area contributed by atoms with Crippen molar-refractivity contribution in [2.75, 3.05) is 20.7 Å². The number of hydrogen-bond acceptors (Lipinski definition) is 11. The number of carbonyl (C=O) groups is 6. The Kier molecular flexibility index (Phi) is 15.6. The molecule has 4 aromatic carbocycles. The van der Waals surface area contributed by atoms with Crippen LogP contribution in [-0.4, -0.2) is 95.2 Å². The largest absolute Gasteiger partial charge is 0.507 e. The number of ether oxygens (including phenoxy) is 2. The molecule has 1 heterocycles. The number of nitrogens with one attached hydrogen (secondary N) is 4. The predicted octanol–water partition coefficient (Wildman–Crippen LogP) is 5.67. The Hall–Kier alpha value is -7.12. The van der Waals surface area contributed by atoms with E-state index in [0.29, 0.717) is 23.4 Å². The zero-order chi connectivity index (χ0) is 46.9. The molecular formula is C47H51ClN6O10. The maximum absolute atomic E-state index is 14.8. The van der Waals surface area contributed by atoms with Crippen molar-refractivity contribution in [1.82, 2.24) is 26.2 Å². The average Bonchev–Trinajstić information content (AvgIpc) is 3.25. The Bertz CT molecular complexity index is 2450. The van der Waals surface area contributed by atoms with Crippen LogP contribution in [-0.2, 0) is 35.1 Å². The first-order valence-corrected chi connectivity index (χ1v) is 20.9. The number of phenols is 2. The molecule has 0 unspecified atom stereocenters. The third kappa shape index (κ3) is 12.1. The number of likely N-dealkylation sites (N-methyl/N-ethyl adjacent to an activating group) is 1. The Balaban J connectivity index is 1.53. The molecule has 16 nitrogen and oxygen atoms in total. The number of alkyl carbamates (subject to hydrolysis) is 1. The van der Waals surface area contributed by atoms with Gasteiger partial charge in [-0.05, 0) is 118 Å². The molecule has 4 atom stereocenters. The zero-order valence-electron chi connectivity index (χ0n) is 36.3. The summed E-state index contributed by atoms with van der Waals surface area (Å²) in [4.78, 5) is 82.8. The second kappa shape index (κ2) is 20.8. The molecule has 64 heavy (non-hydrogen) atoms. The highest BCUT2D eigenvalue weighted by Crippen LogP contribution is 2.41. The van der Waals surface area contributed by atoms with Gasteiger partial charge >= 0.3 is 12.1 Å². The molecule has 17 heteroatoms. The number of rotatable bonds is 11. The lowest BCUT2D eigenvalue weighted by atomic mass is 9.91. The van der Waals surface area contributed by atoms with Gasteiger partial charge in [0.25, 0.3) is 5.91 Å². The third-order valence-electron chi connectivity index (χ3n) is 10.4. The van der Waals surface area contributed by atoms with Crippen molar-refractivity contribution in [3.8, 4) is 39.8 Å². The highest BCUT2D eigenvalue weighted by molar-refractivity contribution is 6.30. The minimum atomic E-state index is -1.61. The van der Waals surface area contributed by atoms with Gasteiger partial charge in [0.05, 0.1) is 12.7 Å². The topological polar surface area (TPSA) is 236 Å². The highest BCUT2D eigenvalue weighted by atomic mass is 35.5.